The number of likely N-dealkylation sites (N-methyl/N-ethyl adjacent to an activating group) is 2. The number of ether oxygens (including phenoxy) is 1. The van der Waals surface area contributed by atoms with E-state index in [1.54, 1.807) is 0 Å². The number of piperidine rings is 1. The molecule has 0 radical (unpaired) electrons. The van der Waals surface area contributed by atoms with Crippen molar-refractivity contribution in [2.75, 3.05) is 38.6 Å². The predicted octanol–water partition coefficient (Wildman–Crippen LogP) is 7.29. The number of nitrogens with zero attached hydrogens (tertiary/aromatic N) is 3. The first-order valence-corrected chi connectivity index (χ1v) is 16.2. The summed E-state index contributed by atoms with van der Waals surface area (Å²) < 4.78 is 5.78. The van der Waals surface area contributed by atoms with Crippen molar-refractivity contribution in [2.45, 2.75) is 69.6 Å². The highest BCUT2D eigenvalue weighted by Crippen LogP contribution is 2.48. The summed E-state index contributed by atoms with van der Waals surface area (Å²) in [5, 5.41) is 1.27. The number of benzene rings is 3. The summed E-state index contributed by atoms with van der Waals surface area (Å²) >= 11 is 0. The summed E-state index contributed by atoms with van der Waals surface area (Å²) in [5.41, 5.74) is 9.17. The summed E-state index contributed by atoms with van der Waals surface area (Å²) in [5.74, 6) is 0.833. The van der Waals surface area contributed by atoms with Crippen LogP contribution in [0.3, 0.4) is 0 Å². The van der Waals surface area contributed by atoms with Gasteiger partial charge in [0.2, 0.25) is 0 Å². The van der Waals surface area contributed by atoms with Gasteiger partial charge in [-0.1, -0.05) is 67.6 Å². The number of para-hydroxylation sites is 1. The molecule has 4 aromatic rings. The van der Waals surface area contributed by atoms with Crippen molar-refractivity contribution in [3.8, 4) is 0 Å². The monoisotopic (exact) mass is 576 g/mol. The van der Waals surface area contributed by atoms with Crippen LogP contribution in [0.2, 0.25) is 0 Å². The molecule has 4 atom stereocenters. The van der Waals surface area contributed by atoms with Gasteiger partial charge < -0.3 is 24.4 Å². The Hall–Kier alpha value is -3.77. The minimum atomic E-state index is -0.219. The molecule has 43 heavy (non-hydrogen) atoms. The van der Waals surface area contributed by atoms with Crippen LogP contribution in [0.5, 0.6) is 0 Å². The summed E-state index contributed by atoms with van der Waals surface area (Å²) in [6.07, 6.45) is 4.87. The molecule has 0 saturated carbocycles. The molecule has 3 aromatic carbocycles. The molecular formula is C37H44N4O2. The number of nitrogens with one attached hydrogen (secondary N) is 1. The second kappa shape index (κ2) is 11.7. The van der Waals surface area contributed by atoms with Crippen LogP contribution in [0, 0.1) is 0 Å². The zero-order valence-electron chi connectivity index (χ0n) is 25.8. The van der Waals surface area contributed by atoms with Crippen LogP contribution in [0.25, 0.3) is 10.9 Å². The lowest BCUT2D eigenvalue weighted by Gasteiger charge is -2.43. The maximum absolute atomic E-state index is 13.3. The molecule has 4 heterocycles. The first kappa shape index (κ1) is 28.0. The lowest BCUT2D eigenvalue weighted by molar-refractivity contribution is 0.0960. The molecule has 1 saturated heterocycles. The third kappa shape index (κ3) is 5.10. The van der Waals surface area contributed by atoms with E-state index < -0.39 is 0 Å². The van der Waals surface area contributed by atoms with Gasteiger partial charge in [0.15, 0.2) is 0 Å². The molecule has 3 aliphatic heterocycles. The Kier molecular flexibility index (Phi) is 7.64. The highest BCUT2D eigenvalue weighted by molar-refractivity contribution is 5.85. The fraction of sp³-hybridized carbons (Fsp3) is 0.432. The van der Waals surface area contributed by atoms with E-state index in [0.29, 0.717) is 37.7 Å². The number of likely N-dealkylation sites (tertiary alicyclic amines) is 1. The number of amides is 1. The topological polar surface area (TPSA) is 51.8 Å². The molecule has 224 valence electrons. The first-order valence-electron chi connectivity index (χ1n) is 16.2. The average Bonchev–Trinajstić information content (AvgIpc) is 3.56. The van der Waals surface area contributed by atoms with Crippen LogP contribution in [0.4, 0.5) is 10.5 Å². The first-order chi connectivity index (χ1) is 21.0. The molecule has 3 aliphatic rings. The van der Waals surface area contributed by atoms with Crippen LogP contribution in [-0.4, -0.2) is 66.7 Å². The summed E-state index contributed by atoms with van der Waals surface area (Å²) in [4.78, 5) is 24.2. The molecule has 6 heteroatoms. The maximum atomic E-state index is 13.3. The van der Waals surface area contributed by atoms with Gasteiger partial charge in [0.1, 0.15) is 6.61 Å². The summed E-state index contributed by atoms with van der Waals surface area (Å²) in [6, 6.07) is 27.0. The van der Waals surface area contributed by atoms with Crippen LogP contribution >= 0.6 is 0 Å². The van der Waals surface area contributed by atoms with Crippen LogP contribution < -0.4 is 4.90 Å². The van der Waals surface area contributed by atoms with Crippen molar-refractivity contribution >= 4 is 22.7 Å². The highest BCUT2D eigenvalue weighted by atomic mass is 16.6. The SMILES string of the molecule is CCC1C2C(CCN1C)c1cc(C3CCCN(C(=O)OCc4ccccc4)CCc4c3[nH]c3ccccc43)ccc1N2C. The quantitative estimate of drug-likeness (QED) is 0.277. The van der Waals surface area contributed by atoms with E-state index in [1.165, 1.54) is 51.8 Å². The van der Waals surface area contributed by atoms with E-state index in [2.05, 4.69) is 78.3 Å². The molecule has 0 spiro atoms. The number of fused-ring (bicyclic) bond motifs is 6. The third-order valence-electron chi connectivity index (χ3n) is 10.5. The van der Waals surface area contributed by atoms with Gasteiger partial charge in [-0.3, -0.25) is 0 Å². The van der Waals surface area contributed by atoms with Gasteiger partial charge in [0.05, 0.1) is 6.04 Å². The average molecular weight is 577 g/mol. The molecule has 0 bridgehead atoms. The van der Waals surface area contributed by atoms with E-state index in [1.807, 2.05) is 35.2 Å². The number of aromatic nitrogens is 1. The number of hydrogen-bond donors (Lipinski definition) is 1. The number of aromatic amines is 1. The normalized spacial score (nSPS) is 24.1. The summed E-state index contributed by atoms with van der Waals surface area (Å²) in [6.45, 7) is 5.15. The lowest BCUT2D eigenvalue weighted by Crippen LogP contribution is -2.53. The van der Waals surface area contributed by atoms with Gasteiger partial charge >= 0.3 is 6.09 Å². The van der Waals surface area contributed by atoms with Crippen molar-refractivity contribution in [2.24, 2.45) is 0 Å². The molecule has 1 fully saturated rings. The maximum Gasteiger partial charge on any atom is 0.410 e. The summed E-state index contributed by atoms with van der Waals surface area (Å²) in [7, 11) is 4.59. The fourth-order valence-electron chi connectivity index (χ4n) is 8.30. The Morgan fingerprint density at radius 1 is 0.953 bits per heavy atom. The fourth-order valence-corrected chi connectivity index (χ4v) is 8.30. The Morgan fingerprint density at radius 2 is 1.77 bits per heavy atom. The number of hydrogen-bond acceptors (Lipinski definition) is 4. The Balaban J connectivity index is 1.20. The van der Waals surface area contributed by atoms with Crippen LogP contribution in [0.1, 0.15) is 72.4 Å². The molecular weight excluding hydrogens is 532 g/mol. The lowest BCUT2D eigenvalue weighted by atomic mass is 9.81. The molecule has 4 unspecified atom stereocenters. The van der Waals surface area contributed by atoms with Gasteiger partial charge in [0.25, 0.3) is 0 Å². The Bertz CT molecular complexity index is 1600. The van der Waals surface area contributed by atoms with Crippen molar-refractivity contribution < 1.29 is 9.53 Å². The van der Waals surface area contributed by atoms with E-state index >= 15 is 0 Å². The van der Waals surface area contributed by atoms with Crippen molar-refractivity contribution in [3.05, 3.63) is 101 Å². The second-order valence-electron chi connectivity index (χ2n) is 12.8. The van der Waals surface area contributed by atoms with E-state index in [-0.39, 0.29) is 12.0 Å². The van der Waals surface area contributed by atoms with Gasteiger partial charge in [-0.2, -0.15) is 0 Å². The zero-order valence-corrected chi connectivity index (χ0v) is 25.8. The number of rotatable bonds is 4. The van der Waals surface area contributed by atoms with Gasteiger partial charge in [-0.15, -0.1) is 0 Å². The molecule has 7 rings (SSSR count). The number of H-pyrrole nitrogens is 1. The Morgan fingerprint density at radius 3 is 2.60 bits per heavy atom. The molecule has 6 nitrogen and oxygen atoms in total. The van der Waals surface area contributed by atoms with Crippen molar-refractivity contribution in [3.63, 3.8) is 0 Å². The largest absolute Gasteiger partial charge is 0.445 e. The van der Waals surface area contributed by atoms with E-state index in [9.17, 15) is 4.79 Å². The zero-order chi connectivity index (χ0) is 29.5. The Labute approximate surface area is 255 Å². The number of carbonyl (C=O) groups is 1. The second-order valence-corrected chi connectivity index (χ2v) is 12.8. The minimum absolute atomic E-state index is 0.219. The standard InChI is InChI=1S/C37H44N4O2/c1-4-33-36-30(18-21-39(33)2)31-23-26(16-17-34(31)40(36)3)27-14-10-20-41(37(42)43-24-25-11-6-5-7-12-25)22-19-29-28-13-8-9-15-32(28)38-35(27)29/h5-9,11-13,15-17,23,27,30,33,36,38H,4,10,14,18-22,24H2,1-3H3. The smallest absolute Gasteiger partial charge is 0.410 e. The highest BCUT2D eigenvalue weighted by Gasteiger charge is 2.45. The van der Waals surface area contributed by atoms with Crippen molar-refractivity contribution in [1.29, 1.82) is 0 Å². The molecule has 1 amide bonds. The minimum Gasteiger partial charge on any atom is -0.445 e. The van der Waals surface area contributed by atoms with Crippen LogP contribution in [0.15, 0.2) is 72.8 Å². The van der Waals surface area contributed by atoms with E-state index in [0.717, 1.165) is 31.4 Å². The van der Waals surface area contributed by atoms with E-state index in [4.69, 9.17) is 4.74 Å². The predicted molar refractivity (Wildman–Crippen MR) is 174 cm³/mol. The molecule has 1 N–H and O–H groups in total. The van der Waals surface area contributed by atoms with Crippen LogP contribution in [-0.2, 0) is 17.8 Å². The number of carbonyl (C=O) groups excluding carboxylic acids is 1. The van der Waals surface area contributed by atoms with Gasteiger partial charge in [-0.05, 0) is 80.1 Å². The third-order valence-corrected chi connectivity index (χ3v) is 10.5. The van der Waals surface area contributed by atoms with Crippen molar-refractivity contribution in [1.82, 2.24) is 14.8 Å². The van der Waals surface area contributed by atoms with Gasteiger partial charge in [-0.25, -0.2) is 4.79 Å². The van der Waals surface area contributed by atoms with Gasteiger partial charge in [0, 0.05) is 60.3 Å². The number of anilines is 1. The molecule has 1 aromatic heterocycles. The molecule has 0 aliphatic carbocycles.